The van der Waals surface area contributed by atoms with E-state index in [1.54, 1.807) is 27.6 Å². The van der Waals surface area contributed by atoms with Gasteiger partial charge in [0.05, 0.1) is 5.56 Å². The number of nitrogens with zero attached hydrogens (tertiary/aromatic N) is 1. The van der Waals surface area contributed by atoms with Crippen molar-refractivity contribution in [1.82, 2.24) is 4.98 Å². The quantitative estimate of drug-likeness (QED) is 0.426. The van der Waals surface area contributed by atoms with Crippen molar-refractivity contribution in [1.29, 1.82) is 0 Å². The number of cyclic esters (lactones) is 1. The van der Waals surface area contributed by atoms with Crippen LogP contribution in [0.4, 0.5) is 0 Å². The van der Waals surface area contributed by atoms with Gasteiger partial charge in [-0.25, -0.2) is 4.79 Å². The van der Waals surface area contributed by atoms with Gasteiger partial charge in [-0.2, -0.15) is 0 Å². The van der Waals surface area contributed by atoms with Gasteiger partial charge in [-0.3, -0.25) is 4.98 Å². The van der Waals surface area contributed by atoms with E-state index in [0.29, 0.717) is 5.56 Å². The molecule has 0 fully saturated rings. The summed E-state index contributed by atoms with van der Waals surface area (Å²) in [7, 11) is 1.62. The highest BCUT2D eigenvalue weighted by atomic mass is 31.0. The number of fused-ring (bicyclic) bond motifs is 1. The number of rotatable bonds is 0. The summed E-state index contributed by atoms with van der Waals surface area (Å²) >= 11 is 0. The largest absolute Gasteiger partial charge is 0.418 e. The van der Waals surface area contributed by atoms with E-state index in [-0.39, 0.29) is 11.8 Å². The van der Waals surface area contributed by atoms with Gasteiger partial charge in [0.2, 0.25) is 5.85 Å². The normalized spacial score (nSPS) is 21.5. The van der Waals surface area contributed by atoms with E-state index in [1.165, 1.54) is 0 Å². The molecular formula is C7H7NO2P+. The molecule has 2 rings (SSSR count). The number of hydrogen-bond donors (Lipinski definition) is 0. The summed E-state index contributed by atoms with van der Waals surface area (Å²) < 4.78 is 4.94. The molecule has 11 heavy (non-hydrogen) atoms. The van der Waals surface area contributed by atoms with Crippen molar-refractivity contribution in [3.63, 3.8) is 0 Å². The molecule has 4 heteroatoms. The van der Waals surface area contributed by atoms with E-state index in [4.69, 9.17) is 4.74 Å². The highest BCUT2D eigenvalue weighted by molar-refractivity contribution is 7.17. The van der Waals surface area contributed by atoms with Crippen molar-refractivity contribution in [2.45, 2.75) is 5.85 Å². The molecular weight excluding hydrogens is 161 g/mol. The van der Waals surface area contributed by atoms with Crippen LogP contribution in [-0.4, -0.2) is 11.0 Å². The molecule has 1 aromatic rings. The Labute approximate surface area is 66.0 Å². The molecule has 0 aliphatic carbocycles. The maximum Gasteiger partial charge on any atom is 0.343 e. The van der Waals surface area contributed by atoms with E-state index in [9.17, 15) is 4.79 Å². The van der Waals surface area contributed by atoms with Gasteiger partial charge in [-0.15, -0.1) is 0 Å². The van der Waals surface area contributed by atoms with Gasteiger partial charge >= 0.3 is 5.97 Å². The molecule has 56 valence electrons. The van der Waals surface area contributed by atoms with Gasteiger partial charge in [0.15, 0.2) is 0 Å². The molecule has 0 radical (unpaired) electrons. The molecule has 0 N–H and O–H groups in total. The zero-order chi connectivity index (χ0) is 7.84. The van der Waals surface area contributed by atoms with Gasteiger partial charge in [-0.1, -0.05) is 0 Å². The molecule has 2 unspecified atom stereocenters. The summed E-state index contributed by atoms with van der Waals surface area (Å²) in [5, 5.41) is 0. The minimum Gasteiger partial charge on any atom is -0.418 e. The first-order valence-electron chi connectivity index (χ1n) is 3.28. The summed E-state index contributed by atoms with van der Waals surface area (Å²) in [5.74, 6) is -0.410. The molecule has 1 aliphatic rings. The second kappa shape index (κ2) is 2.28. The summed E-state index contributed by atoms with van der Waals surface area (Å²) in [6.45, 7) is 0. The Kier molecular flexibility index (Phi) is 1.40. The van der Waals surface area contributed by atoms with Crippen molar-refractivity contribution < 1.29 is 9.53 Å². The molecule has 0 bridgehead atoms. The summed E-state index contributed by atoms with van der Waals surface area (Å²) in [6.07, 6.45) is 1.67. The average molecular weight is 168 g/mol. The molecule has 1 aliphatic heterocycles. The zero-order valence-electron chi connectivity index (χ0n) is 5.78. The number of carbonyl (C=O) groups excluding carboxylic acids is 1. The topological polar surface area (TPSA) is 39.2 Å². The lowest BCUT2D eigenvalue weighted by Gasteiger charge is -1.93. The van der Waals surface area contributed by atoms with Crippen molar-refractivity contribution in [3.05, 3.63) is 29.6 Å². The van der Waals surface area contributed by atoms with Crippen LogP contribution < -0.4 is 0 Å². The van der Waals surface area contributed by atoms with Crippen LogP contribution >= 0.6 is 9.24 Å². The van der Waals surface area contributed by atoms with Gasteiger partial charge in [0.1, 0.15) is 5.69 Å². The highest BCUT2D eigenvalue weighted by Gasteiger charge is 2.31. The molecule has 3 nitrogen and oxygen atoms in total. The smallest absolute Gasteiger partial charge is 0.343 e. The van der Waals surface area contributed by atoms with Crippen LogP contribution in [0.15, 0.2) is 18.3 Å². The number of pyridine rings is 1. The van der Waals surface area contributed by atoms with E-state index in [2.05, 4.69) is 4.98 Å². The molecule has 2 atom stereocenters. The summed E-state index contributed by atoms with van der Waals surface area (Å²) in [4.78, 5) is 15.1. The number of hydrogen-bond acceptors (Lipinski definition) is 3. The lowest BCUT2D eigenvalue weighted by atomic mass is 10.2. The Hall–Kier alpha value is -0.950. The Morgan fingerprint density at radius 2 is 2.45 bits per heavy atom. The molecule has 0 spiro atoms. The first kappa shape index (κ1) is 6.74. The van der Waals surface area contributed by atoms with Crippen LogP contribution in [0, 0.1) is 0 Å². The summed E-state index contributed by atoms with van der Waals surface area (Å²) in [5.41, 5.74) is 1.36. The third kappa shape index (κ3) is 0.925. The Morgan fingerprint density at radius 3 is 3.18 bits per heavy atom. The van der Waals surface area contributed by atoms with Crippen molar-refractivity contribution in [3.8, 4) is 0 Å². The maximum absolute atomic E-state index is 11.0. The molecule has 0 aromatic carbocycles. The third-order valence-corrected chi connectivity index (χ3v) is 2.17. The van der Waals surface area contributed by atoms with Gasteiger partial charge in [0, 0.05) is 15.4 Å². The first-order chi connectivity index (χ1) is 5.29. The number of carbonyl (C=O) groups is 1. The second-order valence-corrected chi connectivity index (χ2v) is 3.07. The second-order valence-electron chi connectivity index (χ2n) is 2.33. The van der Waals surface area contributed by atoms with E-state index in [1.807, 2.05) is 0 Å². The van der Waals surface area contributed by atoms with E-state index < -0.39 is 0 Å². The molecule has 0 saturated carbocycles. The number of esters is 1. The molecule has 2 heterocycles. The fraction of sp³-hybridized carbons (Fsp3) is 0.143. The predicted molar refractivity (Wildman–Crippen MR) is 43.5 cm³/mol. The van der Waals surface area contributed by atoms with Crippen LogP contribution in [0.2, 0.25) is 0 Å². The SMILES string of the molecule is O=C1OC([PH3+])c2ncccc21. The van der Waals surface area contributed by atoms with Crippen LogP contribution in [0.1, 0.15) is 21.9 Å². The van der Waals surface area contributed by atoms with Gasteiger partial charge in [0.25, 0.3) is 0 Å². The van der Waals surface area contributed by atoms with Crippen LogP contribution in [0.3, 0.4) is 0 Å². The first-order valence-corrected chi connectivity index (χ1v) is 4.09. The monoisotopic (exact) mass is 168 g/mol. The maximum atomic E-state index is 11.0. The zero-order valence-corrected chi connectivity index (χ0v) is 7.19. The standard InChI is InChI=1S/C7H6NO2P/c9-6-4-2-1-3-8-5(4)7(11)10-6/h1-3,7H,11H2/p+1. The van der Waals surface area contributed by atoms with Crippen molar-refractivity contribution in [2.24, 2.45) is 0 Å². The molecule has 0 saturated heterocycles. The minimum atomic E-state index is -0.256. The molecule has 1 aromatic heterocycles. The van der Waals surface area contributed by atoms with E-state index in [0.717, 1.165) is 5.69 Å². The van der Waals surface area contributed by atoms with Gasteiger partial charge < -0.3 is 4.74 Å². The van der Waals surface area contributed by atoms with Crippen LogP contribution in [0.5, 0.6) is 0 Å². The van der Waals surface area contributed by atoms with Gasteiger partial charge in [-0.05, 0) is 12.1 Å². The predicted octanol–water partition coefficient (Wildman–Crippen LogP) is 0.858. The minimum absolute atomic E-state index is 0.154. The van der Waals surface area contributed by atoms with E-state index >= 15 is 0 Å². The lowest BCUT2D eigenvalue weighted by molar-refractivity contribution is 0.0519. The molecule has 0 amide bonds. The van der Waals surface area contributed by atoms with Crippen molar-refractivity contribution >= 4 is 15.2 Å². The average Bonchev–Trinajstić information content (AvgIpc) is 2.30. The fourth-order valence-electron chi connectivity index (χ4n) is 1.10. The lowest BCUT2D eigenvalue weighted by Crippen LogP contribution is -1.93. The Morgan fingerprint density at radius 1 is 1.64 bits per heavy atom. The fourth-order valence-corrected chi connectivity index (χ4v) is 1.57. The summed E-state index contributed by atoms with van der Waals surface area (Å²) in [6, 6.07) is 3.47. The third-order valence-electron chi connectivity index (χ3n) is 1.61. The Balaban J connectivity index is 2.60. The van der Waals surface area contributed by atoms with Crippen LogP contribution in [-0.2, 0) is 4.74 Å². The van der Waals surface area contributed by atoms with Crippen LogP contribution in [0.25, 0.3) is 0 Å². The Bertz CT molecular complexity index is 313. The highest BCUT2D eigenvalue weighted by Crippen LogP contribution is 2.32. The number of ether oxygens (including phenoxy) is 1. The van der Waals surface area contributed by atoms with Crippen molar-refractivity contribution in [2.75, 3.05) is 0 Å². The number of aromatic nitrogens is 1.